The molecule has 0 radical (unpaired) electrons. The predicted molar refractivity (Wildman–Crippen MR) is 140 cm³/mol. The van der Waals surface area contributed by atoms with Gasteiger partial charge in [0.1, 0.15) is 18.0 Å². The van der Waals surface area contributed by atoms with Crippen molar-refractivity contribution >= 4 is 17.5 Å². The van der Waals surface area contributed by atoms with E-state index in [4.69, 9.17) is 25.8 Å². The molecule has 2 aromatic rings. The van der Waals surface area contributed by atoms with Crippen LogP contribution in [0.25, 0.3) is 0 Å². The van der Waals surface area contributed by atoms with Crippen molar-refractivity contribution in [1.29, 1.82) is 0 Å². The van der Waals surface area contributed by atoms with Gasteiger partial charge in [-0.05, 0) is 68.0 Å². The number of carbonyl (C=O) groups is 1. The zero-order valence-corrected chi connectivity index (χ0v) is 22.1. The third-order valence-electron chi connectivity index (χ3n) is 7.01. The Balaban J connectivity index is 1.23. The molecule has 4 rings (SSSR count). The number of aryl methyl sites for hydroxylation is 1. The molecule has 2 heterocycles. The lowest BCUT2D eigenvalue weighted by Gasteiger charge is -2.38. The van der Waals surface area contributed by atoms with Gasteiger partial charge in [0.05, 0.1) is 18.7 Å². The summed E-state index contributed by atoms with van der Waals surface area (Å²) in [5.74, 6) is 2.29. The van der Waals surface area contributed by atoms with Gasteiger partial charge in [-0.2, -0.15) is 0 Å². The highest BCUT2D eigenvalue weighted by Crippen LogP contribution is 2.31. The summed E-state index contributed by atoms with van der Waals surface area (Å²) in [6, 6.07) is 11.7. The van der Waals surface area contributed by atoms with Crippen LogP contribution in [0.15, 0.2) is 36.4 Å². The number of rotatable bonds is 11. The molecule has 0 aliphatic carbocycles. The molecule has 2 aromatic carbocycles. The minimum Gasteiger partial charge on any atom is -0.493 e. The summed E-state index contributed by atoms with van der Waals surface area (Å²) in [7, 11) is 1.65. The molecule has 0 saturated carbocycles. The smallest absolute Gasteiger partial charge is 0.222 e. The van der Waals surface area contributed by atoms with Crippen molar-refractivity contribution in [3.63, 3.8) is 0 Å². The quantitative estimate of drug-likeness (QED) is 0.445. The van der Waals surface area contributed by atoms with Crippen molar-refractivity contribution in [1.82, 2.24) is 9.80 Å². The van der Waals surface area contributed by atoms with E-state index in [2.05, 4.69) is 11.0 Å². The summed E-state index contributed by atoms with van der Waals surface area (Å²) < 4.78 is 17.4. The van der Waals surface area contributed by atoms with E-state index in [9.17, 15) is 9.90 Å². The third kappa shape index (κ3) is 7.05. The Morgan fingerprint density at radius 2 is 1.83 bits per heavy atom. The van der Waals surface area contributed by atoms with Gasteiger partial charge in [0, 0.05) is 39.1 Å². The number of methoxy groups -OCH3 is 1. The summed E-state index contributed by atoms with van der Waals surface area (Å²) >= 11 is 6.23. The van der Waals surface area contributed by atoms with E-state index in [1.165, 1.54) is 0 Å². The van der Waals surface area contributed by atoms with E-state index in [0.29, 0.717) is 48.1 Å². The number of piperidine rings is 1. The third-order valence-corrected chi connectivity index (χ3v) is 7.32. The van der Waals surface area contributed by atoms with Crippen molar-refractivity contribution in [3.8, 4) is 17.2 Å². The molecule has 0 spiro atoms. The Morgan fingerprint density at radius 3 is 2.56 bits per heavy atom. The van der Waals surface area contributed by atoms with E-state index >= 15 is 0 Å². The zero-order chi connectivity index (χ0) is 25.5. The first kappa shape index (κ1) is 26.6. The van der Waals surface area contributed by atoms with Crippen molar-refractivity contribution < 1.29 is 24.1 Å². The molecule has 0 atom stereocenters. The Hall–Kier alpha value is -2.48. The molecule has 1 amide bonds. The highest BCUT2D eigenvalue weighted by Gasteiger charge is 2.33. The lowest BCUT2D eigenvalue weighted by molar-refractivity contribution is -0.127. The van der Waals surface area contributed by atoms with Crippen molar-refractivity contribution in [2.75, 3.05) is 46.5 Å². The molecule has 2 aliphatic rings. The monoisotopic (exact) mass is 516 g/mol. The molecule has 0 aromatic heterocycles. The van der Waals surface area contributed by atoms with Crippen molar-refractivity contribution in [2.24, 2.45) is 0 Å². The van der Waals surface area contributed by atoms with Crippen LogP contribution in [0.1, 0.15) is 43.2 Å². The van der Waals surface area contributed by atoms with Crippen molar-refractivity contribution in [2.45, 2.75) is 51.2 Å². The van der Waals surface area contributed by atoms with Crippen LogP contribution < -0.4 is 14.2 Å². The Kier molecular flexibility index (Phi) is 8.99. The normalized spacial score (nSPS) is 17.9. The van der Waals surface area contributed by atoms with Crippen LogP contribution in [0.3, 0.4) is 0 Å². The second-order valence-electron chi connectivity index (χ2n) is 9.89. The fraction of sp³-hybridized carbons (Fsp3) is 0.536. The lowest BCUT2D eigenvalue weighted by atomic mass is 9.92. The van der Waals surface area contributed by atoms with E-state index in [1.807, 2.05) is 42.2 Å². The molecule has 1 N–H and O–H groups in total. The van der Waals surface area contributed by atoms with Gasteiger partial charge in [0.15, 0.2) is 11.5 Å². The molecule has 2 saturated heterocycles. The molecule has 2 fully saturated rings. The zero-order valence-electron chi connectivity index (χ0n) is 21.3. The van der Waals surface area contributed by atoms with Gasteiger partial charge in [0.2, 0.25) is 5.91 Å². The summed E-state index contributed by atoms with van der Waals surface area (Å²) in [6.45, 7) is 6.68. The fourth-order valence-corrected chi connectivity index (χ4v) is 4.94. The van der Waals surface area contributed by atoms with Crippen LogP contribution in [-0.2, 0) is 11.3 Å². The maximum Gasteiger partial charge on any atom is 0.222 e. The van der Waals surface area contributed by atoms with Gasteiger partial charge in [-0.3, -0.25) is 9.69 Å². The first-order valence-corrected chi connectivity index (χ1v) is 13.1. The van der Waals surface area contributed by atoms with Gasteiger partial charge < -0.3 is 24.2 Å². The summed E-state index contributed by atoms with van der Waals surface area (Å²) in [4.78, 5) is 16.0. The minimum atomic E-state index is -0.862. The van der Waals surface area contributed by atoms with Gasteiger partial charge in [0.25, 0.3) is 0 Å². The average Bonchev–Trinajstić information content (AvgIpc) is 3.29. The lowest BCUT2D eigenvalue weighted by Crippen LogP contribution is -2.47. The highest BCUT2D eigenvalue weighted by atomic mass is 35.5. The van der Waals surface area contributed by atoms with Gasteiger partial charge in [-0.25, -0.2) is 0 Å². The van der Waals surface area contributed by atoms with Gasteiger partial charge in [-0.15, -0.1) is 0 Å². The number of hydrogen-bond donors (Lipinski definition) is 1. The fourth-order valence-electron chi connectivity index (χ4n) is 4.77. The largest absolute Gasteiger partial charge is 0.493 e. The van der Waals surface area contributed by atoms with E-state index in [-0.39, 0.29) is 12.5 Å². The molecule has 8 heteroatoms. The molecule has 36 heavy (non-hydrogen) atoms. The van der Waals surface area contributed by atoms with Crippen LogP contribution in [0, 0.1) is 6.92 Å². The standard InChI is InChI=1S/C28H37ClN2O5/c1-21-6-8-23(29)25(17-21)36-20-28(33)10-14-30(15-11-28)19-22-7-9-24(26(18-22)34-2)35-16-4-13-31-12-3-5-27(31)32/h6-9,17-18,33H,3-5,10-16,19-20H2,1-2H3. The molecule has 2 aliphatic heterocycles. The second kappa shape index (κ2) is 12.2. The summed E-state index contributed by atoms with van der Waals surface area (Å²) in [5, 5.41) is 11.6. The first-order chi connectivity index (χ1) is 17.3. The Morgan fingerprint density at radius 1 is 1.03 bits per heavy atom. The summed E-state index contributed by atoms with van der Waals surface area (Å²) in [6.07, 6.45) is 3.69. The number of likely N-dealkylation sites (tertiary alicyclic amines) is 2. The molecule has 7 nitrogen and oxygen atoms in total. The van der Waals surface area contributed by atoms with Crippen LogP contribution in [0.4, 0.5) is 0 Å². The number of benzene rings is 2. The van der Waals surface area contributed by atoms with Crippen LogP contribution in [-0.4, -0.2) is 72.9 Å². The summed E-state index contributed by atoms with van der Waals surface area (Å²) in [5.41, 5.74) is 1.34. The van der Waals surface area contributed by atoms with Gasteiger partial charge >= 0.3 is 0 Å². The minimum absolute atomic E-state index is 0.232. The van der Waals surface area contributed by atoms with Crippen LogP contribution >= 0.6 is 11.6 Å². The maximum atomic E-state index is 11.7. The van der Waals surface area contributed by atoms with Crippen LogP contribution in [0.5, 0.6) is 17.2 Å². The predicted octanol–water partition coefficient (Wildman–Crippen LogP) is 4.45. The molecular formula is C28H37ClN2O5. The number of amides is 1. The number of hydrogen-bond acceptors (Lipinski definition) is 6. The first-order valence-electron chi connectivity index (χ1n) is 12.8. The highest BCUT2D eigenvalue weighted by molar-refractivity contribution is 6.32. The molecule has 196 valence electrons. The molecule has 0 bridgehead atoms. The maximum absolute atomic E-state index is 11.7. The number of ether oxygens (including phenoxy) is 3. The SMILES string of the molecule is COc1cc(CN2CCC(O)(COc3cc(C)ccc3Cl)CC2)ccc1OCCCN1CCCC1=O. The van der Waals surface area contributed by atoms with E-state index in [1.54, 1.807) is 7.11 Å². The Bertz CT molecular complexity index is 1040. The number of aliphatic hydroxyl groups is 1. The van der Waals surface area contributed by atoms with E-state index < -0.39 is 5.60 Å². The number of nitrogens with zero attached hydrogens (tertiary/aromatic N) is 2. The molecule has 0 unspecified atom stereocenters. The van der Waals surface area contributed by atoms with E-state index in [0.717, 1.165) is 56.7 Å². The Labute approximate surface area is 218 Å². The number of halogens is 1. The number of carbonyl (C=O) groups excluding carboxylic acids is 1. The second-order valence-corrected chi connectivity index (χ2v) is 10.3. The van der Waals surface area contributed by atoms with Crippen LogP contribution in [0.2, 0.25) is 5.02 Å². The average molecular weight is 517 g/mol. The van der Waals surface area contributed by atoms with Gasteiger partial charge in [-0.1, -0.05) is 23.7 Å². The topological polar surface area (TPSA) is 71.5 Å². The molecular weight excluding hydrogens is 480 g/mol. The van der Waals surface area contributed by atoms with Crippen molar-refractivity contribution in [3.05, 3.63) is 52.5 Å².